The fourth-order valence-corrected chi connectivity index (χ4v) is 4.57. The van der Waals surface area contributed by atoms with Crippen LogP contribution in [0.4, 0.5) is 22.0 Å². The van der Waals surface area contributed by atoms with Gasteiger partial charge < -0.3 is 18.9 Å². The maximum absolute atomic E-state index is 14.1. The lowest BCUT2D eigenvalue weighted by Gasteiger charge is -2.40. The van der Waals surface area contributed by atoms with Crippen LogP contribution in [0.2, 0.25) is 0 Å². The van der Waals surface area contributed by atoms with Gasteiger partial charge >= 0.3 is 0 Å². The maximum atomic E-state index is 14.1. The molecule has 4 nitrogen and oxygen atoms in total. The first-order valence-corrected chi connectivity index (χ1v) is 10.1. The van der Waals surface area contributed by atoms with E-state index in [9.17, 15) is 22.0 Å². The zero-order valence-corrected chi connectivity index (χ0v) is 17.7. The Morgan fingerprint density at radius 1 is 0.933 bits per heavy atom. The molecule has 2 fully saturated rings. The van der Waals surface area contributed by atoms with E-state index in [1.165, 1.54) is 0 Å². The minimum atomic E-state index is -2.20. The summed E-state index contributed by atoms with van der Waals surface area (Å²) in [4.78, 5) is 0. The van der Waals surface area contributed by atoms with Gasteiger partial charge in [0.2, 0.25) is 5.82 Å². The standard InChI is InChI=1S/C21H27F5O4/c1-6-27-11(4)29-19-18(20(5)7-8-21(19,30-20)10(2)3)28-9-12-13(22)15(24)17(26)16(25)14(12)23/h10-11,18-19H,6-9H2,1-5H3/t11?,18-,19-,20+,21+/m1/s1. The normalized spacial score (nSPS) is 31.7. The molecule has 5 atom stereocenters. The molecular weight excluding hydrogens is 411 g/mol. The van der Waals surface area contributed by atoms with Crippen LogP contribution in [0.3, 0.4) is 0 Å². The highest BCUT2D eigenvalue weighted by Crippen LogP contribution is 2.56. The van der Waals surface area contributed by atoms with E-state index < -0.39 is 71.0 Å². The largest absolute Gasteiger partial charge is 0.367 e. The van der Waals surface area contributed by atoms with Crippen LogP contribution in [0, 0.1) is 35.0 Å². The second-order valence-electron chi connectivity index (χ2n) is 8.38. The summed E-state index contributed by atoms with van der Waals surface area (Å²) in [6, 6.07) is 0. The molecule has 0 saturated carbocycles. The van der Waals surface area contributed by atoms with Crippen molar-refractivity contribution in [2.45, 2.75) is 83.8 Å². The molecule has 1 unspecified atom stereocenters. The van der Waals surface area contributed by atoms with Crippen molar-refractivity contribution in [2.75, 3.05) is 6.61 Å². The summed E-state index contributed by atoms with van der Waals surface area (Å²) in [6.45, 7) is 8.87. The fraction of sp³-hybridized carbons (Fsp3) is 0.714. The zero-order valence-electron chi connectivity index (χ0n) is 17.7. The highest BCUT2D eigenvalue weighted by Gasteiger charge is 2.68. The summed E-state index contributed by atoms with van der Waals surface area (Å²) in [7, 11) is 0. The lowest BCUT2D eigenvalue weighted by Crippen LogP contribution is -2.54. The highest BCUT2D eigenvalue weighted by atomic mass is 19.2. The summed E-state index contributed by atoms with van der Waals surface area (Å²) < 4.78 is 92.2. The molecule has 1 aromatic carbocycles. The molecule has 0 radical (unpaired) electrons. The molecule has 2 aliphatic rings. The van der Waals surface area contributed by atoms with Crippen LogP contribution in [0.25, 0.3) is 0 Å². The van der Waals surface area contributed by atoms with Gasteiger partial charge in [0.05, 0.1) is 17.8 Å². The number of benzene rings is 1. The molecule has 2 heterocycles. The summed E-state index contributed by atoms with van der Waals surface area (Å²) in [5.74, 6) is -9.98. The van der Waals surface area contributed by atoms with Crippen LogP contribution >= 0.6 is 0 Å². The number of halogens is 5. The number of rotatable bonds is 8. The lowest BCUT2D eigenvalue weighted by molar-refractivity contribution is -0.216. The molecular formula is C21H27F5O4. The third-order valence-electron chi connectivity index (χ3n) is 6.22. The molecule has 0 aliphatic carbocycles. The number of ether oxygens (including phenoxy) is 4. The van der Waals surface area contributed by atoms with Crippen molar-refractivity contribution in [2.24, 2.45) is 5.92 Å². The van der Waals surface area contributed by atoms with Gasteiger partial charge in [-0.2, -0.15) is 0 Å². The van der Waals surface area contributed by atoms with E-state index in [1.54, 1.807) is 13.8 Å². The first-order chi connectivity index (χ1) is 14.0. The predicted molar refractivity (Wildman–Crippen MR) is 97.1 cm³/mol. The molecule has 2 saturated heterocycles. The van der Waals surface area contributed by atoms with Gasteiger partial charge in [-0.25, -0.2) is 22.0 Å². The van der Waals surface area contributed by atoms with Crippen molar-refractivity contribution >= 4 is 0 Å². The summed E-state index contributed by atoms with van der Waals surface area (Å²) in [6.07, 6.45) is -0.726. The first-order valence-electron chi connectivity index (χ1n) is 10.1. The van der Waals surface area contributed by atoms with Gasteiger partial charge in [0, 0.05) is 6.61 Å². The molecule has 30 heavy (non-hydrogen) atoms. The minimum absolute atomic E-state index is 0.0286. The van der Waals surface area contributed by atoms with Crippen LogP contribution in [-0.2, 0) is 25.6 Å². The number of fused-ring (bicyclic) bond motifs is 2. The second-order valence-corrected chi connectivity index (χ2v) is 8.38. The molecule has 0 N–H and O–H groups in total. The van der Waals surface area contributed by atoms with Crippen molar-refractivity contribution in [3.05, 3.63) is 34.6 Å². The van der Waals surface area contributed by atoms with Crippen molar-refractivity contribution in [3.8, 4) is 0 Å². The zero-order chi connectivity index (χ0) is 22.4. The molecule has 0 spiro atoms. The van der Waals surface area contributed by atoms with E-state index in [0.29, 0.717) is 19.4 Å². The highest BCUT2D eigenvalue weighted by molar-refractivity contribution is 5.24. The average molecular weight is 438 g/mol. The monoisotopic (exact) mass is 438 g/mol. The average Bonchev–Trinajstić information content (AvgIpc) is 3.16. The van der Waals surface area contributed by atoms with Gasteiger partial charge in [-0.1, -0.05) is 13.8 Å². The van der Waals surface area contributed by atoms with Crippen molar-refractivity contribution in [1.82, 2.24) is 0 Å². The molecule has 1 aromatic rings. The maximum Gasteiger partial charge on any atom is 0.200 e. The molecule has 3 rings (SSSR count). The van der Waals surface area contributed by atoms with E-state index >= 15 is 0 Å². The Morgan fingerprint density at radius 2 is 1.50 bits per heavy atom. The Kier molecular flexibility index (Phi) is 6.49. The summed E-state index contributed by atoms with van der Waals surface area (Å²) >= 11 is 0. The van der Waals surface area contributed by atoms with Crippen molar-refractivity contribution in [1.29, 1.82) is 0 Å². The van der Waals surface area contributed by atoms with Crippen LogP contribution in [0.1, 0.15) is 53.0 Å². The molecule has 2 aliphatic heterocycles. The number of hydrogen-bond acceptors (Lipinski definition) is 4. The Morgan fingerprint density at radius 3 is 2.03 bits per heavy atom. The Hall–Kier alpha value is -1.29. The first kappa shape index (κ1) is 23.4. The van der Waals surface area contributed by atoms with Gasteiger partial charge in [-0.15, -0.1) is 0 Å². The van der Waals surface area contributed by atoms with Crippen LogP contribution in [0.15, 0.2) is 0 Å². The molecule has 170 valence electrons. The van der Waals surface area contributed by atoms with Crippen LogP contribution < -0.4 is 0 Å². The Labute approximate surface area is 172 Å². The predicted octanol–water partition coefficient (Wildman–Crippen LogP) is 5.01. The van der Waals surface area contributed by atoms with E-state index in [1.807, 2.05) is 20.8 Å². The third kappa shape index (κ3) is 3.63. The van der Waals surface area contributed by atoms with E-state index in [2.05, 4.69) is 0 Å². The van der Waals surface area contributed by atoms with Crippen molar-refractivity contribution in [3.63, 3.8) is 0 Å². The van der Waals surface area contributed by atoms with Gasteiger partial charge in [-0.3, -0.25) is 0 Å². The fourth-order valence-electron chi connectivity index (χ4n) is 4.57. The van der Waals surface area contributed by atoms with Crippen LogP contribution in [-0.4, -0.2) is 36.3 Å². The molecule has 2 bridgehead atoms. The number of hydrogen-bond donors (Lipinski definition) is 0. The van der Waals surface area contributed by atoms with E-state index in [-0.39, 0.29) is 5.92 Å². The van der Waals surface area contributed by atoms with Gasteiger partial charge in [0.25, 0.3) is 0 Å². The topological polar surface area (TPSA) is 36.9 Å². The van der Waals surface area contributed by atoms with Gasteiger partial charge in [-0.05, 0) is 39.5 Å². The van der Waals surface area contributed by atoms with E-state index in [0.717, 1.165) is 0 Å². The summed E-state index contributed by atoms with van der Waals surface area (Å²) in [5.41, 5.74) is -2.56. The van der Waals surface area contributed by atoms with Crippen LogP contribution in [0.5, 0.6) is 0 Å². The van der Waals surface area contributed by atoms with Crippen molar-refractivity contribution < 1.29 is 40.9 Å². The lowest BCUT2D eigenvalue weighted by atomic mass is 9.73. The molecule has 9 heteroatoms. The molecule has 0 aromatic heterocycles. The smallest absolute Gasteiger partial charge is 0.200 e. The molecule has 0 amide bonds. The quantitative estimate of drug-likeness (QED) is 0.247. The minimum Gasteiger partial charge on any atom is -0.367 e. The Balaban J connectivity index is 1.90. The SMILES string of the molecule is CCOC(C)O[C@@H]1[C@@H](OCc2c(F)c(F)c(F)c(F)c2F)[C@]2(C)CC[C@@]1(C(C)C)O2. The summed E-state index contributed by atoms with van der Waals surface area (Å²) in [5, 5.41) is 0. The van der Waals surface area contributed by atoms with E-state index in [4.69, 9.17) is 18.9 Å². The second kappa shape index (κ2) is 8.33. The van der Waals surface area contributed by atoms with Gasteiger partial charge in [0.15, 0.2) is 29.6 Å². The third-order valence-corrected chi connectivity index (χ3v) is 6.22. The Bertz CT molecular complexity index is 775. The van der Waals surface area contributed by atoms with Gasteiger partial charge in [0.1, 0.15) is 17.8 Å².